The van der Waals surface area contributed by atoms with E-state index in [9.17, 15) is 4.79 Å². The maximum atomic E-state index is 12.0. The number of nitrogens with zero attached hydrogens (tertiary/aromatic N) is 2. The van der Waals surface area contributed by atoms with Gasteiger partial charge in [-0.2, -0.15) is 5.10 Å². The van der Waals surface area contributed by atoms with Crippen LogP contribution in [0.3, 0.4) is 0 Å². The lowest BCUT2D eigenvalue weighted by Gasteiger charge is -2.15. The van der Waals surface area contributed by atoms with Crippen molar-refractivity contribution in [3.63, 3.8) is 0 Å². The van der Waals surface area contributed by atoms with E-state index in [4.69, 9.17) is 4.74 Å². The maximum absolute atomic E-state index is 12.0. The second-order valence-corrected chi connectivity index (χ2v) is 6.24. The van der Waals surface area contributed by atoms with Crippen molar-refractivity contribution >= 4 is 17.7 Å². The van der Waals surface area contributed by atoms with Crippen LogP contribution in [0.2, 0.25) is 0 Å². The van der Waals surface area contributed by atoms with E-state index in [1.54, 1.807) is 18.7 Å². The molecule has 1 atom stereocenters. The van der Waals surface area contributed by atoms with Crippen LogP contribution in [0.5, 0.6) is 5.75 Å². The fourth-order valence-corrected chi connectivity index (χ4v) is 2.51. The summed E-state index contributed by atoms with van der Waals surface area (Å²) < 4.78 is 7.54. The Morgan fingerprint density at radius 2 is 2.13 bits per heavy atom. The highest BCUT2D eigenvalue weighted by molar-refractivity contribution is 7.98. The number of ether oxygens (including phenoxy) is 1. The number of hydrogen-bond acceptors (Lipinski definition) is 4. The second kappa shape index (κ2) is 8.62. The minimum absolute atomic E-state index is 0.101. The largest absolute Gasteiger partial charge is 0.481 e. The van der Waals surface area contributed by atoms with Crippen molar-refractivity contribution in [2.75, 3.05) is 12.8 Å². The first-order valence-electron chi connectivity index (χ1n) is 7.66. The van der Waals surface area contributed by atoms with E-state index in [1.807, 2.05) is 54.5 Å². The van der Waals surface area contributed by atoms with Gasteiger partial charge in [0.15, 0.2) is 6.10 Å². The van der Waals surface area contributed by atoms with Gasteiger partial charge in [0, 0.05) is 24.2 Å². The van der Waals surface area contributed by atoms with Gasteiger partial charge < -0.3 is 10.1 Å². The topological polar surface area (TPSA) is 56.1 Å². The molecule has 0 fully saturated rings. The molecule has 0 aliphatic carbocycles. The molecule has 23 heavy (non-hydrogen) atoms. The number of aromatic nitrogens is 2. The molecule has 6 heteroatoms. The predicted molar refractivity (Wildman–Crippen MR) is 92.9 cm³/mol. The number of carbonyl (C=O) groups excluding carboxylic acids is 1. The second-order valence-electron chi connectivity index (χ2n) is 5.36. The van der Waals surface area contributed by atoms with Gasteiger partial charge in [-0.25, -0.2) is 0 Å². The summed E-state index contributed by atoms with van der Waals surface area (Å²) in [5.41, 5.74) is 1.14. The number of benzene rings is 1. The normalized spacial score (nSPS) is 12.0. The van der Waals surface area contributed by atoms with Crippen LogP contribution in [-0.2, 0) is 11.3 Å². The van der Waals surface area contributed by atoms with Gasteiger partial charge in [-0.05, 0) is 56.4 Å². The van der Waals surface area contributed by atoms with E-state index in [0.717, 1.165) is 18.5 Å². The van der Waals surface area contributed by atoms with Crippen molar-refractivity contribution in [1.82, 2.24) is 15.1 Å². The average Bonchev–Trinajstić information content (AvgIpc) is 2.97. The average molecular weight is 333 g/mol. The highest BCUT2D eigenvalue weighted by Crippen LogP contribution is 2.19. The molecule has 5 nitrogen and oxygen atoms in total. The van der Waals surface area contributed by atoms with Gasteiger partial charge >= 0.3 is 0 Å². The smallest absolute Gasteiger partial charge is 0.260 e. The zero-order valence-corrected chi connectivity index (χ0v) is 14.6. The molecule has 2 aromatic rings. The van der Waals surface area contributed by atoms with Crippen LogP contribution in [-0.4, -0.2) is 34.6 Å². The molecule has 1 heterocycles. The van der Waals surface area contributed by atoms with Crippen LogP contribution in [0, 0.1) is 6.92 Å². The summed E-state index contributed by atoms with van der Waals surface area (Å²) in [6.07, 6.45) is 6.17. The van der Waals surface area contributed by atoms with Crippen molar-refractivity contribution in [2.45, 2.75) is 37.8 Å². The summed E-state index contributed by atoms with van der Waals surface area (Å²) in [4.78, 5) is 13.2. The van der Waals surface area contributed by atoms with E-state index >= 15 is 0 Å². The molecule has 0 bridgehead atoms. The first-order valence-corrected chi connectivity index (χ1v) is 8.88. The quantitative estimate of drug-likeness (QED) is 0.596. The van der Waals surface area contributed by atoms with Crippen molar-refractivity contribution in [3.8, 4) is 5.75 Å². The monoisotopic (exact) mass is 333 g/mol. The minimum Gasteiger partial charge on any atom is -0.481 e. The van der Waals surface area contributed by atoms with Crippen LogP contribution in [0.25, 0.3) is 0 Å². The molecule has 0 saturated heterocycles. The lowest BCUT2D eigenvalue weighted by Crippen LogP contribution is -2.37. The zero-order chi connectivity index (χ0) is 16.7. The summed E-state index contributed by atoms with van der Waals surface area (Å²) in [6, 6.07) is 7.73. The Morgan fingerprint density at radius 1 is 1.39 bits per heavy atom. The van der Waals surface area contributed by atoms with Gasteiger partial charge in [0.1, 0.15) is 5.75 Å². The molecule has 1 amide bonds. The molecule has 1 N–H and O–H groups in total. The summed E-state index contributed by atoms with van der Waals surface area (Å²) in [7, 11) is 0. The van der Waals surface area contributed by atoms with Crippen molar-refractivity contribution < 1.29 is 9.53 Å². The minimum atomic E-state index is -0.512. The van der Waals surface area contributed by atoms with E-state index in [2.05, 4.69) is 10.4 Å². The highest BCUT2D eigenvalue weighted by atomic mass is 32.2. The number of hydrogen-bond donors (Lipinski definition) is 1. The standard InChI is InChI=1S/C17H23N3O2S/c1-13-11-19-20(12-13)10-4-9-18-17(21)14(2)22-15-5-7-16(23-3)8-6-15/h5-8,11-12,14H,4,9-10H2,1-3H3,(H,18,21)/t14-/m0/s1. The Bertz CT molecular complexity index is 625. The van der Waals surface area contributed by atoms with E-state index in [0.29, 0.717) is 12.3 Å². The van der Waals surface area contributed by atoms with Crippen LogP contribution >= 0.6 is 11.8 Å². The van der Waals surface area contributed by atoms with Crippen LogP contribution in [0.4, 0.5) is 0 Å². The zero-order valence-electron chi connectivity index (χ0n) is 13.8. The molecular formula is C17H23N3O2S. The Balaban J connectivity index is 1.69. The van der Waals surface area contributed by atoms with Crippen LogP contribution in [0.15, 0.2) is 41.6 Å². The molecule has 1 aromatic heterocycles. The van der Waals surface area contributed by atoms with Gasteiger partial charge in [0.25, 0.3) is 5.91 Å². The van der Waals surface area contributed by atoms with Crippen molar-refractivity contribution in [1.29, 1.82) is 0 Å². The highest BCUT2D eigenvalue weighted by Gasteiger charge is 2.13. The molecule has 0 radical (unpaired) electrons. The van der Waals surface area contributed by atoms with Crippen molar-refractivity contribution in [3.05, 3.63) is 42.2 Å². The van der Waals surface area contributed by atoms with E-state index < -0.39 is 6.10 Å². The molecular weight excluding hydrogens is 310 g/mol. The summed E-state index contributed by atoms with van der Waals surface area (Å²) in [6.45, 7) is 5.17. The molecule has 124 valence electrons. The number of amides is 1. The number of nitrogens with one attached hydrogen (secondary N) is 1. The first kappa shape index (κ1) is 17.4. The Labute approximate surface area is 141 Å². The molecule has 1 aromatic carbocycles. The van der Waals surface area contributed by atoms with Crippen LogP contribution < -0.4 is 10.1 Å². The van der Waals surface area contributed by atoms with Crippen LogP contribution in [0.1, 0.15) is 18.9 Å². The fraction of sp³-hybridized carbons (Fsp3) is 0.412. The number of carbonyl (C=O) groups is 1. The third-order valence-electron chi connectivity index (χ3n) is 3.37. The third kappa shape index (κ3) is 5.63. The molecule has 0 saturated carbocycles. The van der Waals surface area contributed by atoms with Gasteiger partial charge in [-0.15, -0.1) is 11.8 Å². The van der Waals surface area contributed by atoms with Crippen molar-refractivity contribution in [2.24, 2.45) is 0 Å². The third-order valence-corrected chi connectivity index (χ3v) is 4.11. The molecule has 2 rings (SSSR count). The Kier molecular flexibility index (Phi) is 6.52. The Hall–Kier alpha value is -1.95. The number of thioether (sulfide) groups is 1. The molecule has 0 aliphatic rings. The summed E-state index contributed by atoms with van der Waals surface area (Å²) in [5.74, 6) is 0.605. The van der Waals surface area contributed by atoms with Gasteiger partial charge in [-0.3, -0.25) is 9.48 Å². The lowest BCUT2D eigenvalue weighted by atomic mass is 10.3. The van der Waals surface area contributed by atoms with E-state index in [-0.39, 0.29) is 5.91 Å². The SMILES string of the molecule is CSc1ccc(O[C@@H](C)C(=O)NCCCn2cc(C)cn2)cc1. The van der Waals surface area contributed by atoms with Gasteiger partial charge in [-0.1, -0.05) is 0 Å². The predicted octanol–water partition coefficient (Wildman–Crippen LogP) is 2.89. The lowest BCUT2D eigenvalue weighted by molar-refractivity contribution is -0.127. The first-order chi connectivity index (χ1) is 11.1. The fourth-order valence-electron chi connectivity index (χ4n) is 2.10. The molecule has 0 aliphatic heterocycles. The number of rotatable bonds is 8. The number of aryl methyl sites for hydroxylation is 2. The summed E-state index contributed by atoms with van der Waals surface area (Å²) in [5, 5.41) is 7.11. The van der Waals surface area contributed by atoms with Gasteiger partial charge in [0.2, 0.25) is 0 Å². The molecule has 0 spiro atoms. The van der Waals surface area contributed by atoms with E-state index in [1.165, 1.54) is 4.90 Å². The van der Waals surface area contributed by atoms with Gasteiger partial charge in [0.05, 0.1) is 6.20 Å². The Morgan fingerprint density at radius 3 is 2.74 bits per heavy atom. The molecule has 0 unspecified atom stereocenters. The maximum Gasteiger partial charge on any atom is 0.260 e. The summed E-state index contributed by atoms with van der Waals surface area (Å²) >= 11 is 1.67.